The highest BCUT2D eigenvalue weighted by Gasteiger charge is 2.50. The number of amides is 1. The van der Waals surface area contributed by atoms with Crippen LogP contribution >= 0.6 is 23.4 Å². The Balaban J connectivity index is 1.72. The van der Waals surface area contributed by atoms with Gasteiger partial charge in [-0.2, -0.15) is 0 Å². The molecule has 1 fully saturated rings. The second-order valence-corrected chi connectivity index (χ2v) is 8.35. The Bertz CT molecular complexity index is 733. The molecule has 27 heavy (non-hydrogen) atoms. The standard InChI is InChI=1S/C18H24ClN3O4S/c1-9-3-4-10(7-12(9)19)21-18-22-14-15(24)13(23)8-11(16(14)27-18)17(25)20-5-6-26-2/h3-4,7,11,13-16,23-24H,5-6,8H2,1-2H3,(H,20,25)(H,21,22)/t11-,13+,14-,15-,16+/m0/s1. The van der Waals surface area contributed by atoms with E-state index in [0.717, 1.165) is 11.3 Å². The average Bonchev–Trinajstić information content (AvgIpc) is 3.05. The van der Waals surface area contributed by atoms with Gasteiger partial charge in [0.2, 0.25) is 5.91 Å². The van der Waals surface area contributed by atoms with Gasteiger partial charge in [-0.3, -0.25) is 9.79 Å². The molecular formula is C18H24ClN3O4S. The number of aliphatic hydroxyl groups excluding tert-OH is 2. The van der Waals surface area contributed by atoms with Gasteiger partial charge in [0, 0.05) is 29.6 Å². The van der Waals surface area contributed by atoms with Crippen molar-refractivity contribution in [3.8, 4) is 0 Å². The first-order valence-corrected chi connectivity index (χ1v) is 10.1. The van der Waals surface area contributed by atoms with Gasteiger partial charge in [-0.15, -0.1) is 0 Å². The second kappa shape index (κ2) is 8.79. The predicted octanol–water partition coefficient (Wildman–Crippen LogP) is 1.40. The van der Waals surface area contributed by atoms with Crippen molar-refractivity contribution in [1.29, 1.82) is 0 Å². The second-order valence-electron chi connectivity index (χ2n) is 6.78. The average molecular weight is 414 g/mol. The third kappa shape index (κ3) is 4.57. The fourth-order valence-electron chi connectivity index (χ4n) is 3.31. The van der Waals surface area contributed by atoms with Crippen LogP contribution in [-0.2, 0) is 9.53 Å². The molecule has 1 amide bonds. The summed E-state index contributed by atoms with van der Waals surface area (Å²) >= 11 is 7.58. The van der Waals surface area contributed by atoms with Crippen molar-refractivity contribution in [2.45, 2.75) is 36.8 Å². The number of rotatable bonds is 5. The molecule has 0 radical (unpaired) electrons. The van der Waals surface area contributed by atoms with Crippen molar-refractivity contribution in [1.82, 2.24) is 5.32 Å². The number of hydrogen-bond acceptors (Lipinski definition) is 7. The smallest absolute Gasteiger partial charge is 0.224 e. The number of aliphatic hydroxyl groups is 2. The van der Waals surface area contributed by atoms with Gasteiger partial charge >= 0.3 is 0 Å². The maximum absolute atomic E-state index is 12.6. The van der Waals surface area contributed by atoms with E-state index in [1.54, 1.807) is 7.11 Å². The van der Waals surface area contributed by atoms with Gasteiger partial charge < -0.3 is 25.6 Å². The molecule has 1 heterocycles. The normalized spacial score (nSPS) is 29.8. The summed E-state index contributed by atoms with van der Waals surface area (Å²) in [4.78, 5) is 17.1. The van der Waals surface area contributed by atoms with Crippen LogP contribution in [0.25, 0.3) is 0 Å². The number of methoxy groups -OCH3 is 1. The lowest BCUT2D eigenvalue weighted by Crippen LogP contribution is -2.54. The van der Waals surface area contributed by atoms with Gasteiger partial charge in [0.15, 0.2) is 5.17 Å². The number of hydrogen-bond donors (Lipinski definition) is 4. The maximum Gasteiger partial charge on any atom is 0.224 e. The molecule has 0 aromatic heterocycles. The minimum Gasteiger partial charge on any atom is -0.390 e. The van der Waals surface area contributed by atoms with Crippen LogP contribution in [0.2, 0.25) is 5.02 Å². The lowest BCUT2D eigenvalue weighted by atomic mass is 9.81. The van der Waals surface area contributed by atoms with E-state index in [0.29, 0.717) is 23.3 Å². The van der Waals surface area contributed by atoms with Crippen molar-refractivity contribution < 1.29 is 19.7 Å². The number of nitrogens with one attached hydrogen (secondary N) is 2. The molecule has 2 aliphatic rings. The molecule has 3 rings (SSSR count). The molecule has 1 aliphatic carbocycles. The Morgan fingerprint density at radius 3 is 2.93 bits per heavy atom. The third-order valence-electron chi connectivity index (χ3n) is 4.85. The quantitative estimate of drug-likeness (QED) is 0.544. The van der Waals surface area contributed by atoms with Crippen LogP contribution < -0.4 is 10.6 Å². The van der Waals surface area contributed by atoms with Crippen LogP contribution in [0.3, 0.4) is 0 Å². The number of benzene rings is 1. The van der Waals surface area contributed by atoms with Gasteiger partial charge in [0.05, 0.1) is 24.7 Å². The molecule has 0 saturated heterocycles. The molecule has 5 atom stereocenters. The summed E-state index contributed by atoms with van der Waals surface area (Å²) in [5, 5.41) is 27.6. The number of amidine groups is 1. The van der Waals surface area contributed by atoms with Crippen LogP contribution in [-0.4, -0.2) is 65.0 Å². The van der Waals surface area contributed by atoms with Crippen LogP contribution in [0.15, 0.2) is 23.2 Å². The van der Waals surface area contributed by atoms with Crippen LogP contribution in [0.4, 0.5) is 5.69 Å². The molecule has 1 aromatic carbocycles. The van der Waals surface area contributed by atoms with Gasteiger partial charge in [-0.1, -0.05) is 29.4 Å². The van der Waals surface area contributed by atoms with E-state index in [1.165, 1.54) is 11.8 Å². The van der Waals surface area contributed by atoms with Gasteiger partial charge in [-0.25, -0.2) is 0 Å². The first kappa shape index (κ1) is 20.4. The summed E-state index contributed by atoms with van der Waals surface area (Å²) in [6, 6.07) is 5.07. The maximum atomic E-state index is 12.6. The Morgan fingerprint density at radius 2 is 2.22 bits per heavy atom. The summed E-state index contributed by atoms with van der Waals surface area (Å²) in [6.45, 7) is 2.75. The molecule has 1 aromatic rings. The Hall–Kier alpha value is -1.32. The largest absolute Gasteiger partial charge is 0.390 e. The first-order chi connectivity index (χ1) is 12.9. The van der Waals surface area contributed by atoms with Crippen LogP contribution in [0, 0.1) is 12.8 Å². The molecule has 0 bridgehead atoms. The van der Waals surface area contributed by atoms with Crippen molar-refractivity contribution >= 4 is 40.1 Å². The SMILES string of the molecule is COCCNC(=O)[C@H]1C[C@@H](O)[C@H](O)[C@@H]2N=C(Nc3ccc(C)c(Cl)c3)S[C@@H]21. The summed E-state index contributed by atoms with van der Waals surface area (Å²) in [5.41, 5.74) is 1.76. The Labute approximate surface area is 167 Å². The molecule has 1 aliphatic heterocycles. The van der Waals surface area contributed by atoms with Crippen molar-refractivity contribution in [3.63, 3.8) is 0 Å². The number of anilines is 1. The molecule has 148 valence electrons. The predicted molar refractivity (Wildman–Crippen MR) is 107 cm³/mol. The van der Waals surface area contributed by atoms with Crippen LogP contribution in [0.5, 0.6) is 0 Å². The van der Waals surface area contributed by atoms with E-state index in [2.05, 4.69) is 15.6 Å². The lowest BCUT2D eigenvalue weighted by Gasteiger charge is -2.37. The Morgan fingerprint density at radius 1 is 1.44 bits per heavy atom. The van der Waals surface area contributed by atoms with Gasteiger partial charge in [0.1, 0.15) is 6.10 Å². The number of thioether (sulfide) groups is 1. The highest BCUT2D eigenvalue weighted by atomic mass is 35.5. The van der Waals surface area contributed by atoms with Crippen molar-refractivity contribution in [2.75, 3.05) is 25.6 Å². The zero-order valence-corrected chi connectivity index (χ0v) is 16.8. The van der Waals surface area contributed by atoms with Crippen molar-refractivity contribution in [2.24, 2.45) is 10.9 Å². The monoisotopic (exact) mass is 413 g/mol. The molecule has 0 spiro atoms. The summed E-state index contributed by atoms with van der Waals surface area (Å²) in [5.74, 6) is -0.602. The molecular weight excluding hydrogens is 390 g/mol. The molecule has 0 unspecified atom stereocenters. The summed E-state index contributed by atoms with van der Waals surface area (Å²) in [7, 11) is 1.57. The Kier molecular flexibility index (Phi) is 6.65. The number of aliphatic imine (C=N–C) groups is 1. The highest BCUT2D eigenvalue weighted by Crippen LogP contribution is 2.41. The fraction of sp³-hybridized carbons (Fsp3) is 0.556. The number of carbonyl (C=O) groups excluding carboxylic acids is 1. The molecule has 1 saturated carbocycles. The first-order valence-electron chi connectivity index (χ1n) is 8.81. The minimum absolute atomic E-state index is 0.157. The number of carbonyl (C=O) groups is 1. The van der Waals surface area contributed by atoms with E-state index in [-0.39, 0.29) is 17.6 Å². The van der Waals surface area contributed by atoms with Gasteiger partial charge in [-0.05, 0) is 31.0 Å². The zero-order valence-electron chi connectivity index (χ0n) is 15.2. The zero-order chi connectivity index (χ0) is 19.6. The third-order valence-corrected chi connectivity index (χ3v) is 6.57. The fourth-order valence-corrected chi connectivity index (χ4v) is 4.87. The molecule has 9 heteroatoms. The molecule has 4 N–H and O–H groups in total. The van der Waals surface area contributed by atoms with Gasteiger partial charge in [0.25, 0.3) is 0 Å². The van der Waals surface area contributed by atoms with E-state index in [1.807, 2.05) is 25.1 Å². The van der Waals surface area contributed by atoms with E-state index in [9.17, 15) is 15.0 Å². The molecule has 7 nitrogen and oxygen atoms in total. The van der Waals surface area contributed by atoms with Crippen molar-refractivity contribution in [3.05, 3.63) is 28.8 Å². The van der Waals surface area contributed by atoms with E-state index < -0.39 is 24.2 Å². The minimum atomic E-state index is -0.994. The number of aryl methyl sites for hydroxylation is 1. The van der Waals surface area contributed by atoms with E-state index in [4.69, 9.17) is 16.3 Å². The lowest BCUT2D eigenvalue weighted by molar-refractivity contribution is -0.129. The summed E-state index contributed by atoms with van der Waals surface area (Å²) < 4.78 is 4.95. The topological polar surface area (TPSA) is 103 Å². The highest BCUT2D eigenvalue weighted by molar-refractivity contribution is 8.15. The van der Waals surface area contributed by atoms with E-state index >= 15 is 0 Å². The number of halogens is 1. The number of ether oxygens (including phenoxy) is 1. The van der Waals surface area contributed by atoms with Crippen LogP contribution in [0.1, 0.15) is 12.0 Å². The number of fused-ring (bicyclic) bond motifs is 1. The number of nitrogens with zero attached hydrogens (tertiary/aromatic N) is 1. The summed E-state index contributed by atoms with van der Waals surface area (Å²) in [6.07, 6.45) is -1.78.